The van der Waals surface area contributed by atoms with Crippen LogP contribution in [0, 0.1) is 6.92 Å². The Hall–Kier alpha value is -2.86. The summed E-state index contributed by atoms with van der Waals surface area (Å²) < 4.78 is 11.3. The van der Waals surface area contributed by atoms with Crippen molar-refractivity contribution in [2.45, 2.75) is 20.3 Å². The van der Waals surface area contributed by atoms with Gasteiger partial charge in [0.25, 0.3) is 0 Å². The third-order valence-electron chi connectivity index (χ3n) is 3.53. The van der Waals surface area contributed by atoms with Crippen molar-refractivity contribution in [3.05, 3.63) is 64.6 Å². The summed E-state index contributed by atoms with van der Waals surface area (Å²) in [6.07, 6.45) is 0.238. The lowest BCUT2D eigenvalue weighted by molar-refractivity contribution is -0.115. The van der Waals surface area contributed by atoms with Gasteiger partial charge in [0.1, 0.15) is 11.5 Å². The Bertz CT molecular complexity index is 875. The van der Waals surface area contributed by atoms with Gasteiger partial charge in [-0.1, -0.05) is 12.1 Å². The molecule has 0 fully saturated rings. The number of aryl methyl sites for hydroxylation is 1. The predicted octanol–water partition coefficient (Wildman–Crippen LogP) is 4.82. The first kappa shape index (κ1) is 17.9. The number of anilines is 1. The molecule has 0 bridgehead atoms. The number of nitrogens with zero attached hydrogens (tertiary/aromatic N) is 1. The van der Waals surface area contributed by atoms with Crippen LogP contribution in [0.25, 0.3) is 0 Å². The third-order valence-corrected chi connectivity index (χ3v) is 4.35. The summed E-state index contributed by atoms with van der Waals surface area (Å²) >= 11 is 1.54. The molecule has 1 heterocycles. The minimum Gasteiger partial charge on any atom is -0.494 e. The maximum absolute atomic E-state index is 12.3. The van der Waals surface area contributed by atoms with Gasteiger partial charge >= 0.3 is 0 Å². The van der Waals surface area contributed by atoms with Gasteiger partial charge in [0.2, 0.25) is 5.91 Å². The molecule has 0 aliphatic carbocycles. The van der Waals surface area contributed by atoms with E-state index in [0.29, 0.717) is 23.8 Å². The largest absolute Gasteiger partial charge is 0.494 e. The Kier molecular flexibility index (Phi) is 5.86. The van der Waals surface area contributed by atoms with E-state index in [-0.39, 0.29) is 12.3 Å². The van der Waals surface area contributed by atoms with Crippen LogP contribution in [0.5, 0.6) is 17.2 Å². The maximum atomic E-state index is 12.3. The molecule has 6 heteroatoms. The van der Waals surface area contributed by atoms with Crippen molar-refractivity contribution >= 4 is 22.9 Å². The average molecular weight is 368 g/mol. The number of hydrogen-bond acceptors (Lipinski definition) is 5. The molecule has 0 aliphatic rings. The highest BCUT2D eigenvalue weighted by atomic mass is 32.1. The van der Waals surface area contributed by atoms with Crippen molar-refractivity contribution in [2.75, 3.05) is 11.9 Å². The SMILES string of the molecule is CCOc1ccc(Oc2ccccc2NC(=O)Cc2csc(C)n2)cc1. The molecule has 134 valence electrons. The lowest BCUT2D eigenvalue weighted by Gasteiger charge is -2.12. The molecule has 0 spiro atoms. The standard InChI is InChI=1S/C20H20N2O3S/c1-3-24-16-8-10-17(11-9-16)25-19-7-5-4-6-18(19)22-20(23)12-15-13-26-14(2)21-15/h4-11,13H,3,12H2,1-2H3,(H,22,23). The fourth-order valence-corrected chi connectivity index (χ4v) is 3.02. The summed E-state index contributed by atoms with van der Waals surface area (Å²) in [5.41, 5.74) is 1.40. The van der Waals surface area contributed by atoms with Crippen molar-refractivity contribution in [3.63, 3.8) is 0 Å². The van der Waals surface area contributed by atoms with Gasteiger partial charge in [-0.3, -0.25) is 4.79 Å². The molecule has 26 heavy (non-hydrogen) atoms. The zero-order valence-corrected chi connectivity index (χ0v) is 15.5. The molecule has 3 aromatic rings. The first-order chi connectivity index (χ1) is 12.6. The van der Waals surface area contributed by atoms with Crippen LogP contribution >= 0.6 is 11.3 Å². The first-order valence-corrected chi connectivity index (χ1v) is 9.22. The smallest absolute Gasteiger partial charge is 0.230 e. The molecule has 1 amide bonds. The second-order valence-electron chi connectivity index (χ2n) is 5.59. The number of ether oxygens (including phenoxy) is 2. The molecular weight excluding hydrogens is 348 g/mol. The monoisotopic (exact) mass is 368 g/mol. The molecule has 0 atom stereocenters. The van der Waals surface area contributed by atoms with E-state index in [9.17, 15) is 4.79 Å². The number of rotatable bonds is 7. The molecule has 0 aliphatic heterocycles. The Morgan fingerprint density at radius 3 is 2.54 bits per heavy atom. The summed E-state index contributed by atoms with van der Waals surface area (Å²) in [7, 11) is 0. The number of aromatic nitrogens is 1. The van der Waals surface area contributed by atoms with E-state index in [1.807, 2.05) is 67.8 Å². The van der Waals surface area contributed by atoms with Crippen molar-refractivity contribution < 1.29 is 14.3 Å². The van der Waals surface area contributed by atoms with Gasteiger partial charge < -0.3 is 14.8 Å². The predicted molar refractivity (Wildman–Crippen MR) is 103 cm³/mol. The number of amides is 1. The van der Waals surface area contributed by atoms with Crippen molar-refractivity contribution in [1.29, 1.82) is 0 Å². The lowest BCUT2D eigenvalue weighted by Crippen LogP contribution is -2.15. The Morgan fingerprint density at radius 2 is 1.85 bits per heavy atom. The van der Waals surface area contributed by atoms with Gasteiger partial charge in [-0.2, -0.15) is 0 Å². The highest BCUT2D eigenvalue weighted by Gasteiger charge is 2.11. The number of thiazole rings is 1. The van der Waals surface area contributed by atoms with Crippen LogP contribution in [-0.2, 0) is 11.2 Å². The molecule has 2 aromatic carbocycles. The van der Waals surface area contributed by atoms with Crippen LogP contribution in [0.1, 0.15) is 17.6 Å². The van der Waals surface area contributed by atoms with Gasteiger partial charge in [-0.25, -0.2) is 4.98 Å². The summed E-state index contributed by atoms with van der Waals surface area (Å²) in [4.78, 5) is 16.6. The topological polar surface area (TPSA) is 60.5 Å². The van der Waals surface area contributed by atoms with E-state index in [1.54, 1.807) is 0 Å². The van der Waals surface area contributed by atoms with E-state index < -0.39 is 0 Å². The zero-order valence-electron chi connectivity index (χ0n) is 14.7. The molecule has 0 saturated carbocycles. The minimum absolute atomic E-state index is 0.127. The van der Waals surface area contributed by atoms with Gasteiger partial charge in [0.05, 0.1) is 29.4 Å². The van der Waals surface area contributed by atoms with Crippen LogP contribution in [0.2, 0.25) is 0 Å². The van der Waals surface area contributed by atoms with Crippen LogP contribution in [0.4, 0.5) is 5.69 Å². The normalized spacial score (nSPS) is 10.4. The van der Waals surface area contributed by atoms with Crippen molar-refractivity contribution in [2.24, 2.45) is 0 Å². The molecule has 0 unspecified atom stereocenters. The van der Waals surface area contributed by atoms with Crippen molar-refractivity contribution in [3.8, 4) is 17.2 Å². The number of nitrogens with one attached hydrogen (secondary N) is 1. The lowest BCUT2D eigenvalue weighted by atomic mass is 10.2. The van der Waals surface area contributed by atoms with E-state index in [0.717, 1.165) is 16.5 Å². The zero-order chi connectivity index (χ0) is 18.4. The Morgan fingerprint density at radius 1 is 1.12 bits per heavy atom. The quantitative estimate of drug-likeness (QED) is 0.649. The van der Waals surface area contributed by atoms with Crippen LogP contribution < -0.4 is 14.8 Å². The fraction of sp³-hybridized carbons (Fsp3) is 0.200. The molecule has 3 rings (SSSR count). The average Bonchev–Trinajstić information content (AvgIpc) is 3.03. The third kappa shape index (κ3) is 4.83. The maximum Gasteiger partial charge on any atom is 0.230 e. The van der Waals surface area contributed by atoms with Gasteiger partial charge in [-0.15, -0.1) is 11.3 Å². The van der Waals surface area contributed by atoms with E-state index >= 15 is 0 Å². The van der Waals surface area contributed by atoms with E-state index in [1.165, 1.54) is 11.3 Å². The number of carbonyl (C=O) groups is 1. The second-order valence-corrected chi connectivity index (χ2v) is 6.65. The van der Waals surface area contributed by atoms with Crippen LogP contribution in [0.15, 0.2) is 53.9 Å². The highest BCUT2D eigenvalue weighted by Crippen LogP contribution is 2.30. The van der Waals surface area contributed by atoms with Gasteiger partial charge in [0, 0.05) is 5.38 Å². The Balaban J connectivity index is 1.68. The molecule has 0 radical (unpaired) electrons. The minimum atomic E-state index is -0.127. The second kappa shape index (κ2) is 8.49. The van der Waals surface area contributed by atoms with Crippen molar-refractivity contribution in [1.82, 2.24) is 4.98 Å². The first-order valence-electron chi connectivity index (χ1n) is 8.34. The number of benzene rings is 2. The summed E-state index contributed by atoms with van der Waals surface area (Å²) in [6, 6.07) is 14.7. The molecular formula is C20H20N2O3S. The van der Waals surface area contributed by atoms with E-state index in [2.05, 4.69) is 10.3 Å². The summed E-state index contributed by atoms with van der Waals surface area (Å²) in [5, 5.41) is 5.75. The highest BCUT2D eigenvalue weighted by molar-refractivity contribution is 7.09. The Labute approximate surface area is 156 Å². The number of hydrogen-bond donors (Lipinski definition) is 1. The number of carbonyl (C=O) groups excluding carboxylic acids is 1. The van der Waals surface area contributed by atoms with E-state index in [4.69, 9.17) is 9.47 Å². The van der Waals surface area contributed by atoms with Crippen LogP contribution in [0.3, 0.4) is 0 Å². The molecule has 1 N–H and O–H groups in total. The molecule has 5 nitrogen and oxygen atoms in total. The summed E-state index contributed by atoms with van der Waals surface area (Å²) in [5.74, 6) is 1.92. The van der Waals surface area contributed by atoms with Crippen LogP contribution in [-0.4, -0.2) is 17.5 Å². The molecule has 1 aromatic heterocycles. The fourth-order valence-electron chi connectivity index (χ4n) is 2.40. The molecule has 0 saturated heterocycles. The summed E-state index contributed by atoms with van der Waals surface area (Å²) in [6.45, 7) is 4.48. The van der Waals surface area contributed by atoms with Gasteiger partial charge in [-0.05, 0) is 50.2 Å². The van der Waals surface area contributed by atoms with Gasteiger partial charge in [0.15, 0.2) is 5.75 Å². The number of para-hydroxylation sites is 2.